The number of likely N-dealkylation sites (tertiary alicyclic amines) is 1. The number of rotatable bonds is 7. The Morgan fingerprint density at radius 1 is 1.11 bits per heavy atom. The summed E-state index contributed by atoms with van der Waals surface area (Å²) in [5.74, 6) is -0.161. The molecule has 1 aromatic heterocycles. The van der Waals surface area contributed by atoms with Crippen LogP contribution < -0.4 is 16.4 Å². The van der Waals surface area contributed by atoms with Gasteiger partial charge in [-0.05, 0) is 79.2 Å². The van der Waals surface area contributed by atoms with Crippen molar-refractivity contribution in [1.29, 1.82) is 0 Å². The van der Waals surface area contributed by atoms with Crippen LogP contribution >= 0.6 is 11.3 Å². The highest BCUT2D eigenvalue weighted by Crippen LogP contribution is 2.37. The Morgan fingerprint density at radius 3 is 2.64 bits per heavy atom. The van der Waals surface area contributed by atoms with Crippen LogP contribution in [0.15, 0.2) is 67.3 Å². The Balaban J connectivity index is 1.23. The molecule has 0 bridgehead atoms. The summed E-state index contributed by atoms with van der Waals surface area (Å²) in [6.07, 6.45) is 10.0. The van der Waals surface area contributed by atoms with Crippen LogP contribution in [-0.4, -0.2) is 43.5 Å². The van der Waals surface area contributed by atoms with Crippen LogP contribution in [0.2, 0.25) is 0 Å². The molecule has 2 saturated heterocycles. The van der Waals surface area contributed by atoms with E-state index in [4.69, 9.17) is 5.73 Å². The minimum absolute atomic E-state index is 0.161. The number of nitrogen functional groups attached to an aromatic ring is 1. The zero-order chi connectivity index (χ0) is 25.0. The lowest BCUT2D eigenvalue weighted by molar-refractivity contribution is 0.103. The third-order valence-corrected chi connectivity index (χ3v) is 8.66. The maximum absolute atomic E-state index is 13.1. The molecule has 6 heteroatoms. The molecule has 36 heavy (non-hydrogen) atoms. The maximum Gasteiger partial charge on any atom is 0.265 e. The fourth-order valence-electron chi connectivity index (χ4n) is 5.24. The fourth-order valence-corrected chi connectivity index (χ4v) is 6.14. The van der Waals surface area contributed by atoms with Crippen molar-refractivity contribution in [2.45, 2.75) is 19.3 Å². The van der Waals surface area contributed by atoms with Gasteiger partial charge in [-0.2, -0.15) is 0 Å². The Kier molecular flexibility index (Phi) is 7.37. The molecule has 5 rings (SSSR count). The van der Waals surface area contributed by atoms with Gasteiger partial charge in [-0.15, -0.1) is 11.3 Å². The predicted octanol–water partition coefficient (Wildman–Crippen LogP) is 5.98. The molecule has 2 aliphatic heterocycles. The molecule has 2 fully saturated rings. The Bertz CT molecular complexity index is 1250. The monoisotopic (exact) mass is 498 g/mol. The van der Waals surface area contributed by atoms with Crippen molar-refractivity contribution in [2.75, 3.05) is 43.8 Å². The smallest absolute Gasteiger partial charge is 0.265 e. The van der Waals surface area contributed by atoms with Gasteiger partial charge in [0.25, 0.3) is 5.91 Å². The number of hydrogen-bond acceptors (Lipinski definition) is 5. The van der Waals surface area contributed by atoms with Gasteiger partial charge in [0.2, 0.25) is 0 Å². The van der Waals surface area contributed by atoms with Gasteiger partial charge < -0.3 is 16.4 Å². The number of nitrogens with two attached hydrogens (primary N) is 1. The first-order chi connectivity index (χ1) is 17.5. The molecule has 0 atom stereocenters. The third kappa shape index (κ3) is 5.46. The Hall–Kier alpha value is -3.19. The van der Waals surface area contributed by atoms with Crippen LogP contribution in [0.4, 0.5) is 11.4 Å². The number of nitrogens with one attached hydrogen (secondary N) is 2. The molecular formula is C30H34N4OS. The van der Waals surface area contributed by atoms with Gasteiger partial charge in [-0.25, -0.2) is 0 Å². The van der Waals surface area contributed by atoms with Gasteiger partial charge >= 0.3 is 0 Å². The summed E-state index contributed by atoms with van der Waals surface area (Å²) < 4.78 is 0. The van der Waals surface area contributed by atoms with Gasteiger partial charge in [0.1, 0.15) is 0 Å². The van der Waals surface area contributed by atoms with Gasteiger partial charge in [0.15, 0.2) is 0 Å². The summed E-state index contributed by atoms with van der Waals surface area (Å²) in [5, 5.41) is 6.54. The summed E-state index contributed by atoms with van der Waals surface area (Å²) in [5.41, 5.74) is 11.0. The highest BCUT2D eigenvalue weighted by atomic mass is 32.1. The lowest BCUT2D eigenvalue weighted by atomic mass is 9.78. The molecule has 0 radical (unpaired) electrons. The number of carbonyl (C=O) groups excluding carboxylic acids is 1. The molecule has 3 heterocycles. The summed E-state index contributed by atoms with van der Waals surface area (Å²) in [6.45, 7) is 9.55. The van der Waals surface area contributed by atoms with Gasteiger partial charge in [-0.3, -0.25) is 9.69 Å². The second-order valence-corrected chi connectivity index (χ2v) is 11.0. The number of benzene rings is 2. The molecule has 0 unspecified atom stereocenters. The van der Waals surface area contributed by atoms with E-state index in [1.807, 2.05) is 60.7 Å². The van der Waals surface area contributed by atoms with Crippen molar-refractivity contribution < 1.29 is 4.79 Å². The van der Waals surface area contributed by atoms with Gasteiger partial charge in [0.05, 0.1) is 16.3 Å². The fraction of sp³-hybridized carbons (Fsp3) is 0.300. The lowest BCUT2D eigenvalue weighted by Gasteiger charge is -2.38. The number of nitrogens with zero attached hydrogens (tertiary/aromatic N) is 1. The number of anilines is 2. The topological polar surface area (TPSA) is 70.4 Å². The van der Waals surface area contributed by atoms with E-state index < -0.39 is 0 Å². The molecule has 1 spiro atoms. The first kappa shape index (κ1) is 24.5. The maximum atomic E-state index is 13.1. The Morgan fingerprint density at radius 2 is 1.92 bits per heavy atom. The van der Waals surface area contributed by atoms with Gasteiger partial charge in [0, 0.05) is 18.0 Å². The SMILES string of the molecule is C=Cc1sc(C(=O)Nc2cc(-c3ccccc3)ccc2N)cc1/C=C\CN1CCC2(CCNC2)CC1. The number of hydrogen-bond donors (Lipinski definition) is 3. The van der Waals surface area contributed by atoms with E-state index in [9.17, 15) is 4.79 Å². The first-order valence-electron chi connectivity index (χ1n) is 12.7. The second kappa shape index (κ2) is 10.8. The van der Waals surface area contributed by atoms with E-state index in [0.29, 0.717) is 21.7 Å². The van der Waals surface area contributed by atoms with Crippen LogP contribution in [0, 0.1) is 5.41 Å². The van der Waals surface area contributed by atoms with E-state index in [2.05, 4.69) is 34.3 Å². The predicted molar refractivity (Wildman–Crippen MR) is 153 cm³/mol. The molecule has 186 valence electrons. The van der Waals surface area contributed by atoms with Crippen molar-refractivity contribution in [3.8, 4) is 11.1 Å². The third-order valence-electron chi connectivity index (χ3n) is 7.52. The van der Waals surface area contributed by atoms with Crippen LogP contribution in [-0.2, 0) is 0 Å². The molecule has 0 saturated carbocycles. The molecule has 2 aliphatic rings. The number of carbonyl (C=O) groups is 1. The van der Waals surface area contributed by atoms with E-state index in [-0.39, 0.29) is 5.91 Å². The minimum atomic E-state index is -0.161. The van der Waals surface area contributed by atoms with Crippen LogP contribution in [0.1, 0.15) is 39.4 Å². The van der Waals surface area contributed by atoms with E-state index in [0.717, 1.165) is 41.2 Å². The van der Waals surface area contributed by atoms with Crippen molar-refractivity contribution in [1.82, 2.24) is 10.2 Å². The Labute approximate surface area is 217 Å². The summed E-state index contributed by atoms with van der Waals surface area (Å²) in [7, 11) is 0. The molecule has 5 nitrogen and oxygen atoms in total. The molecule has 0 aliphatic carbocycles. The van der Waals surface area contributed by atoms with E-state index in [1.165, 1.54) is 43.7 Å². The summed E-state index contributed by atoms with van der Waals surface area (Å²) >= 11 is 1.45. The minimum Gasteiger partial charge on any atom is -0.397 e. The molecular weight excluding hydrogens is 464 g/mol. The summed E-state index contributed by atoms with van der Waals surface area (Å²) in [4.78, 5) is 17.3. The largest absolute Gasteiger partial charge is 0.397 e. The standard InChI is InChI=1S/C30H34N4OS/c1-2-27-24(9-6-16-34-17-13-30(14-18-34)12-15-32-21-30)20-28(36-27)29(35)33-26-19-23(10-11-25(26)31)22-7-4-3-5-8-22/h2-11,19-20,32H,1,12-18,21,31H2,(H,33,35)/b9-6-. The van der Waals surface area contributed by atoms with E-state index >= 15 is 0 Å². The lowest BCUT2D eigenvalue weighted by Crippen LogP contribution is -2.41. The van der Waals surface area contributed by atoms with Crippen LogP contribution in [0.5, 0.6) is 0 Å². The molecule has 2 aromatic carbocycles. The summed E-state index contributed by atoms with van der Waals surface area (Å²) in [6, 6.07) is 17.7. The number of amides is 1. The number of piperidine rings is 1. The van der Waals surface area contributed by atoms with Crippen LogP contribution in [0.25, 0.3) is 23.3 Å². The van der Waals surface area contributed by atoms with Crippen molar-refractivity contribution in [3.63, 3.8) is 0 Å². The molecule has 3 aromatic rings. The average molecular weight is 499 g/mol. The zero-order valence-electron chi connectivity index (χ0n) is 20.6. The van der Waals surface area contributed by atoms with E-state index in [1.54, 1.807) is 0 Å². The van der Waals surface area contributed by atoms with Crippen molar-refractivity contribution in [2.24, 2.45) is 5.41 Å². The zero-order valence-corrected chi connectivity index (χ0v) is 21.4. The normalized spacial score (nSPS) is 17.6. The quantitative estimate of drug-likeness (QED) is 0.351. The second-order valence-electron chi connectivity index (χ2n) is 9.89. The van der Waals surface area contributed by atoms with Crippen LogP contribution in [0.3, 0.4) is 0 Å². The molecule has 1 amide bonds. The highest BCUT2D eigenvalue weighted by molar-refractivity contribution is 7.15. The average Bonchev–Trinajstić information content (AvgIpc) is 3.54. The van der Waals surface area contributed by atoms with Crippen molar-refractivity contribution in [3.05, 3.63) is 82.6 Å². The number of thiophene rings is 1. The highest BCUT2D eigenvalue weighted by Gasteiger charge is 2.36. The van der Waals surface area contributed by atoms with Gasteiger partial charge in [-0.1, -0.05) is 61.2 Å². The van der Waals surface area contributed by atoms with Crippen molar-refractivity contribution >= 4 is 40.8 Å². The molecule has 4 N–H and O–H groups in total. The first-order valence-corrected chi connectivity index (χ1v) is 13.5.